The molecule has 0 heterocycles. The van der Waals surface area contributed by atoms with Crippen LogP contribution in [0.25, 0.3) is 0 Å². The van der Waals surface area contributed by atoms with Crippen LogP contribution in [0.4, 0.5) is 4.39 Å². The Morgan fingerprint density at radius 1 is 1.33 bits per heavy atom. The van der Waals surface area contributed by atoms with E-state index in [0.717, 1.165) is 37.3 Å². The molecule has 2 nitrogen and oxygen atoms in total. The van der Waals surface area contributed by atoms with Crippen molar-refractivity contribution < 1.29 is 4.39 Å². The number of rotatable bonds is 7. The predicted molar refractivity (Wildman–Crippen MR) is 75.2 cm³/mol. The summed E-state index contributed by atoms with van der Waals surface area (Å²) in [7, 11) is 2.07. The second-order valence-electron chi connectivity index (χ2n) is 5.41. The Morgan fingerprint density at radius 3 is 2.72 bits per heavy atom. The fourth-order valence-corrected chi connectivity index (χ4v) is 1.84. The minimum Gasteiger partial charge on any atom is -0.315 e. The van der Waals surface area contributed by atoms with Crippen molar-refractivity contribution in [2.45, 2.75) is 27.3 Å². The smallest absolute Gasteiger partial charge is 0.123 e. The van der Waals surface area contributed by atoms with E-state index in [1.54, 1.807) is 6.07 Å². The first-order valence-corrected chi connectivity index (χ1v) is 6.63. The lowest BCUT2D eigenvalue weighted by Crippen LogP contribution is -2.31. The predicted octanol–water partition coefficient (Wildman–Crippen LogP) is 2.81. The van der Waals surface area contributed by atoms with Crippen molar-refractivity contribution in [3.8, 4) is 0 Å². The first-order chi connectivity index (χ1) is 8.49. The van der Waals surface area contributed by atoms with Gasteiger partial charge in [0.1, 0.15) is 5.82 Å². The lowest BCUT2D eigenvalue weighted by molar-refractivity contribution is 0.320. The Labute approximate surface area is 110 Å². The number of nitrogens with zero attached hydrogens (tertiary/aromatic N) is 1. The molecule has 0 aromatic heterocycles. The largest absolute Gasteiger partial charge is 0.315 e. The maximum Gasteiger partial charge on any atom is 0.123 e. The highest BCUT2D eigenvalue weighted by Gasteiger charge is 2.04. The molecule has 18 heavy (non-hydrogen) atoms. The van der Waals surface area contributed by atoms with Gasteiger partial charge in [-0.3, -0.25) is 0 Å². The molecule has 1 aromatic carbocycles. The molecule has 0 aliphatic rings. The second-order valence-corrected chi connectivity index (χ2v) is 5.41. The number of halogens is 1. The van der Waals surface area contributed by atoms with Gasteiger partial charge in [0.15, 0.2) is 0 Å². The molecule has 0 bridgehead atoms. The van der Waals surface area contributed by atoms with Crippen LogP contribution in [-0.2, 0) is 6.54 Å². The third-order valence-electron chi connectivity index (χ3n) is 2.97. The molecule has 0 fully saturated rings. The fraction of sp³-hybridized carbons (Fsp3) is 0.600. The van der Waals surface area contributed by atoms with Gasteiger partial charge in [-0.15, -0.1) is 0 Å². The second kappa shape index (κ2) is 7.49. The van der Waals surface area contributed by atoms with Crippen molar-refractivity contribution in [3.05, 3.63) is 35.1 Å². The van der Waals surface area contributed by atoms with E-state index >= 15 is 0 Å². The van der Waals surface area contributed by atoms with E-state index < -0.39 is 0 Å². The molecule has 0 atom stereocenters. The van der Waals surface area contributed by atoms with Crippen molar-refractivity contribution in [1.82, 2.24) is 10.2 Å². The number of nitrogens with one attached hydrogen (secondary N) is 1. The number of aryl methyl sites for hydroxylation is 1. The third kappa shape index (κ3) is 5.61. The van der Waals surface area contributed by atoms with Crippen LogP contribution in [0, 0.1) is 18.7 Å². The first kappa shape index (κ1) is 15.1. The molecule has 0 aliphatic carbocycles. The molecule has 1 aromatic rings. The third-order valence-corrected chi connectivity index (χ3v) is 2.97. The van der Waals surface area contributed by atoms with Crippen molar-refractivity contribution in [2.75, 3.05) is 26.7 Å². The molecule has 102 valence electrons. The van der Waals surface area contributed by atoms with Crippen LogP contribution in [0.5, 0.6) is 0 Å². The average Bonchev–Trinajstić information content (AvgIpc) is 2.29. The zero-order valence-electron chi connectivity index (χ0n) is 12.0. The van der Waals surface area contributed by atoms with Crippen LogP contribution < -0.4 is 5.32 Å². The molecular formula is C15H25FN2. The maximum absolute atomic E-state index is 13.2. The van der Waals surface area contributed by atoms with Crippen molar-refractivity contribution >= 4 is 0 Å². The minimum absolute atomic E-state index is 0.151. The SMILES string of the molecule is Cc1ccc(F)cc1CN(C)CCNCC(C)C. The van der Waals surface area contributed by atoms with E-state index in [-0.39, 0.29) is 5.82 Å². The Morgan fingerprint density at radius 2 is 2.06 bits per heavy atom. The minimum atomic E-state index is -0.151. The molecular weight excluding hydrogens is 227 g/mol. The van der Waals surface area contributed by atoms with Crippen molar-refractivity contribution in [3.63, 3.8) is 0 Å². The topological polar surface area (TPSA) is 15.3 Å². The summed E-state index contributed by atoms with van der Waals surface area (Å²) in [5.41, 5.74) is 2.22. The Balaban J connectivity index is 2.35. The zero-order chi connectivity index (χ0) is 13.5. The van der Waals surface area contributed by atoms with E-state index in [4.69, 9.17) is 0 Å². The number of likely N-dealkylation sites (N-methyl/N-ethyl adjacent to an activating group) is 1. The molecule has 1 N–H and O–H groups in total. The van der Waals surface area contributed by atoms with Crippen molar-refractivity contribution in [1.29, 1.82) is 0 Å². The van der Waals surface area contributed by atoms with Gasteiger partial charge in [0.25, 0.3) is 0 Å². The van der Waals surface area contributed by atoms with E-state index in [0.29, 0.717) is 5.92 Å². The summed E-state index contributed by atoms with van der Waals surface area (Å²) in [6.45, 7) is 10.2. The number of hydrogen-bond donors (Lipinski definition) is 1. The molecule has 1 rings (SSSR count). The first-order valence-electron chi connectivity index (χ1n) is 6.63. The summed E-state index contributed by atoms with van der Waals surface area (Å²) in [5.74, 6) is 0.530. The quantitative estimate of drug-likeness (QED) is 0.751. The number of hydrogen-bond acceptors (Lipinski definition) is 2. The van der Waals surface area contributed by atoms with E-state index in [2.05, 4.69) is 31.1 Å². The average molecular weight is 252 g/mol. The lowest BCUT2D eigenvalue weighted by atomic mass is 10.1. The number of benzene rings is 1. The highest BCUT2D eigenvalue weighted by atomic mass is 19.1. The zero-order valence-corrected chi connectivity index (χ0v) is 12.0. The Hall–Kier alpha value is -0.930. The summed E-state index contributed by atoms with van der Waals surface area (Å²) >= 11 is 0. The van der Waals surface area contributed by atoms with Gasteiger partial charge in [-0.05, 0) is 49.7 Å². The van der Waals surface area contributed by atoms with Gasteiger partial charge in [0, 0.05) is 19.6 Å². The summed E-state index contributed by atoms with van der Waals surface area (Å²) in [4.78, 5) is 2.22. The van der Waals surface area contributed by atoms with E-state index in [1.807, 2.05) is 13.0 Å². The van der Waals surface area contributed by atoms with Gasteiger partial charge in [0.05, 0.1) is 0 Å². The molecule has 0 aliphatic heterocycles. The summed E-state index contributed by atoms with van der Waals surface area (Å²) in [6, 6.07) is 4.99. The fourth-order valence-electron chi connectivity index (χ4n) is 1.84. The molecule has 0 unspecified atom stereocenters. The molecule has 0 amide bonds. The monoisotopic (exact) mass is 252 g/mol. The maximum atomic E-state index is 13.2. The van der Waals surface area contributed by atoms with Gasteiger partial charge in [-0.2, -0.15) is 0 Å². The van der Waals surface area contributed by atoms with Crippen LogP contribution >= 0.6 is 0 Å². The van der Waals surface area contributed by atoms with Crippen LogP contribution in [0.15, 0.2) is 18.2 Å². The Bertz CT molecular complexity index is 364. The van der Waals surface area contributed by atoms with Crippen LogP contribution in [0.2, 0.25) is 0 Å². The highest BCUT2D eigenvalue weighted by Crippen LogP contribution is 2.11. The highest BCUT2D eigenvalue weighted by molar-refractivity contribution is 5.26. The summed E-state index contributed by atoms with van der Waals surface area (Å²) < 4.78 is 13.2. The molecule has 0 spiro atoms. The molecule has 3 heteroatoms. The van der Waals surface area contributed by atoms with Crippen molar-refractivity contribution in [2.24, 2.45) is 5.92 Å². The summed E-state index contributed by atoms with van der Waals surface area (Å²) in [5, 5.41) is 3.41. The lowest BCUT2D eigenvalue weighted by Gasteiger charge is -2.18. The summed E-state index contributed by atoms with van der Waals surface area (Å²) in [6.07, 6.45) is 0. The molecule has 0 saturated heterocycles. The van der Waals surface area contributed by atoms with Gasteiger partial charge in [-0.25, -0.2) is 4.39 Å². The van der Waals surface area contributed by atoms with Gasteiger partial charge in [0.2, 0.25) is 0 Å². The standard InChI is InChI=1S/C15H25FN2/c1-12(2)10-17-7-8-18(4)11-14-9-15(16)6-5-13(14)3/h5-6,9,12,17H,7-8,10-11H2,1-4H3. The Kier molecular flexibility index (Phi) is 6.30. The van der Waals surface area contributed by atoms with E-state index in [1.165, 1.54) is 6.07 Å². The van der Waals surface area contributed by atoms with Crippen LogP contribution in [-0.4, -0.2) is 31.6 Å². The van der Waals surface area contributed by atoms with Crippen LogP contribution in [0.1, 0.15) is 25.0 Å². The van der Waals surface area contributed by atoms with Gasteiger partial charge in [-0.1, -0.05) is 19.9 Å². The normalized spacial score (nSPS) is 11.5. The van der Waals surface area contributed by atoms with Gasteiger partial charge >= 0.3 is 0 Å². The molecule has 0 saturated carbocycles. The van der Waals surface area contributed by atoms with Crippen LogP contribution in [0.3, 0.4) is 0 Å². The van der Waals surface area contributed by atoms with E-state index in [9.17, 15) is 4.39 Å². The molecule has 0 radical (unpaired) electrons. The van der Waals surface area contributed by atoms with Gasteiger partial charge < -0.3 is 10.2 Å².